The van der Waals surface area contributed by atoms with Crippen LogP contribution >= 0.6 is 15.9 Å². The summed E-state index contributed by atoms with van der Waals surface area (Å²) < 4.78 is 57.8. The van der Waals surface area contributed by atoms with Gasteiger partial charge in [0.05, 0.1) is 5.75 Å². The predicted molar refractivity (Wildman–Crippen MR) is 56.0 cm³/mol. The molecule has 0 aliphatic heterocycles. The molecule has 0 amide bonds. The summed E-state index contributed by atoms with van der Waals surface area (Å²) in [4.78, 5) is -0.303. The molecule has 0 heterocycles. The van der Waals surface area contributed by atoms with E-state index in [0.29, 0.717) is 0 Å². The van der Waals surface area contributed by atoms with Crippen LogP contribution in [0.25, 0.3) is 0 Å². The number of nitrogens with zero attached hydrogens (tertiary/aromatic N) is 1. The molecular formula is C7H13BrF3NO2S. The van der Waals surface area contributed by atoms with E-state index in [9.17, 15) is 21.6 Å². The number of halogens is 4. The Morgan fingerprint density at radius 2 is 1.87 bits per heavy atom. The maximum Gasteiger partial charge on any atom is 0.402 e. The van der Waals surface area contributed by atoms with Crippen molar-refractivity contribution >= 4 is 25.8 Å². The molecule has 1 atom stereocenters. The molecule has 0 bridgehead atoms. The van der Waals surface area contributed by atoms with Gasteiger partial charge in [-0.1, -0.05) is 15.9 Å². The summed E-state index contributed by atoms with van der Waals surface area (Å²) in [7, 11) is -1.68. The quantitative estimate of drug-likeness (QED) is 0.718. The molecule has 0 N–H and O–H groups in total. The third-order valence-electron chi connectivity index (χ3n) is 1.67. The zero-order chi connectivity index (χ0) is 12.3. The number of rotatable bonds is 5. The number of hydrogen-bond acceptors (Lipinski definition) is 3. The van der Waals surface area contributed by atoms with E-state index in [2.05, 4.69) is 15.9 Å². The normalized spacial score (nSPS) is 15.7. The lowest BCUT2D eigenvalue weighted by atomic mass is 10.4. The molecule has 0 radical (unpaired) electrons. The van der Waals surface area contributed by atoms with E-state index in [4.69, 9.17) is 0 Å². The fourth-order valence-electron chi connectivity index (χ4n) is 0.790. The average Bonchev–Trinajstić information content (AvgIpc) is 1.97. The van der Waals surface area contributed by atoms with E-state index in [0.717, 1.165) is 6.26 Å². The van der Waals surface area contributed by atoms with Gasteiger partial charge in [0.15, 0.2) is 0 Å². The van der Waals surface area contributed by atoms with Crippen LogP contribution in [0, 0.1) is 0 Å². The molecule has 15 heavy (non-hydrogen) atoms. The minimum atomic E-state index is -4.31. The number of hydrogen-bond donors (Lipinski definition) is 0. The van der Waals surface area contributed by atoms with Crippen molar-refractivity contribution in [3.8, 4) is 0 Å². The molecule has 8 heteroatoms. The highest BCUT2D eigenvalue weighted by Gasteiger charge is 2.38. The fourth-order valence-corrected chi connectivity index (χ4v) is 1.93. The third kappa shape index (κ3) is 8.04. The van der Waals surface area contributed by atoms with Gasteiger partial charge in [-0.15, -0.1) is 0 Å². The van der Waals surface area contributed by atoms with E-state index in [1.165, 1.54) is 11.9 Å². The Morgan fingerprint density at radius 3 is 2.20 bits per heavy atom. The van der Waals surface area contributed by atoms with E-state index in [1.54, 1.807) is 0 Å². The second-order valence-electron chi connectivity index (χ2n) is 3.40. The molecule has 0 rings (SSSR count). The van der Waals surface area contributed by atoms with Crippen molar-refractivity contribution in [1.29, 1.82) is 0 Å². The molecule has 3 nitrogen and oxygen atoms in total. The molecular weight excluding hydrogens is 299 g/mol. The van der Waals surface area contributed by atoms with Crippen LogP contribution in [-0.2, 0) is 9.84 Å². The Balaban J connectivity index is 4.00. The largest absolute Gasteiger partial charge is 0.402 e. The van der Waals surface area contributed by atoms with Crippen LogP contribution in [0.3, 0.4) is 0 Å². The summed E-state index contributed by atoms with van der Waals surface area (Å²) in [5, 5.41) is 0. The maximum absolute atomic E-state index is 12.1. The molecule has 0 aromatic carbocycles. The Kier molecular flexibility index (Phi) is 5.56. The zero-order valence-corrected chi connectivity index (χ0v) is 10.8. The van der Waals surface area contributed by atoms with Crippen molar-refractivity contribution in [1.82, 2.24) is 4.90 Å². The van der Waals surface area contributed by atoms with Crippen molar-refractivity contribution in [2.75, 3.05) is 32.1 Å². The van der Waals surface area contributed by atoms with Gasteiger partial charge in [-0.3, -0.25) is 0 Å². The minimum absolute atomic E-state index is 0.0943. The van der Waals surface area contributed by atoms with E-state index < -0.39 is 20.8 Å². The highest BCUT2D eigenvalue weighted by molar-refractivity contribution is 9.09. The Bertz CT molecular complexity index is 291. The molecule has 1 unspecified atom stereocenters. The summed E-state index contributed by atoms with van der Waals surface area (Å²) in [6.07, 6.45) is -3.25. The Labute approximate surface area is 95.7 Å². The van der Waals surface area contributed by atoms with Crippen LogP contribution in [-0.4, -0.2) is 56.5 Å². The van der Waals surface area contributed by atoms with Crippen molar-refractivity contribution in [2.45, 2.75) is 11.0 Å². The maximum atomic E-state index is 12.1. The van der Waals surface area contributed by atoms with Gasteiger partial charge in [-0.25, -0.2) is 8.42 Å². The van der Waals surface area contributed by atoms with E-state index in [-0.39, 0.29) is 18.8 Å². The first-order valence-corrected chi connectivity index (χ1v) is 7.07. The van der Waals surface area contributed by atoms with E-state index >= 15 is 0 Å². The monoisotopic (exact) mass is 311 g/mol. The summed E-state index contributed by atoms with van der Waals surface area (Å²) >= 11 is 2.50. The lowest BCUT2D eigenvalue weighted by Crippen LogP contribution is -2.37. The van der Waals surface area contributed by atoms with Crippen LogP contribution in [0.15, 0.2) is 0 Å². The van der Waals surface area contributed by atoms with Crippen molar-refractivity contribution in [2.24, 2.45) is 0 Å². The molecule has 92 valence electrons. The topological polar surface area (TPSA) is 37.4 Å². The molecule has 0 aliphatic carbocycles. The first-order chi connectivity index (χ1) is 6.52. The molecule has 0 fully saturated rings. The Morgan fingerprint density at radius 1 is 1.40 bits per heavy atom. The first kappa shape index (κ1) is 15.2. The van der Waals surface area contributed by atoms with Gasteiger partial charge in [0.25, 0.3) is 0 Å². The summed E-state index contributed by atoms with van der Waals surface area (Å²) in [6, 6.07) is 0. The van der Waals surface area contributed by atoms with Gasteiger partial charge >= 0.3 is 6.18 Å². The van der Waals surface area contributed by atoms with Gasteiger partial charge in [0.2, 0.25) is 0 Å². The minimum Gasteiger partial charge on any atom is -0.304 e. The summed E-state index contributed by atoms with van der Waals surface area (Å²) in [6.45, 7) is -0.171. The van der Waals surface area contributed by atoms with E-state index in [1.807, 2.05) is 0 Å². The lowest BCUT2D eigenvalue weighted by Gasteiger charge is -2.21. The molecule has 0 aromatic heterocycles. The van der Waals surface area contributed by atoms with Gasteiger partial charge in [0, 0.05) is 19.3 Å². The summed E-state index contributed by atoms with van der Waals surface area (Å²) in [5.41, 5.74) is 0. The van der Waals surface area contributed by atoms with Crippen molar-refractivity contribution in [3.05, 3.63) is 0 Å². The van der Waals surface area contributed by atoms with Crippen LogP contribution in [0.2, 0.25) is 0 Å². The molecule has 0 spiro atoms. The lowest BCUT2D eigenvalue weighted by molar-refractivity contribution is -0.129. The third-order valence-corrected chi connectivity index (χ3v) is 3.40. The van der Waals surface area contributed by atoms with Crippen molar-refractivity contribution in [3.63, 3.8) is 0 Å². The Hall–Kier alpha value is 0.180. The number of sulfone groups is 1. The van der Waals surface area contributed by atoms with Crippen molar-refractivity contribution < 1.29 is 21.6 Å². The molecule has 0 aliphatic rings. The predicted octanol–water partition coefficient (Wildman–Crippen LogP) is 1.29. The van der Waals surface area contributed by atoms with Crippen LogP contribution < -0.4 is 0 Å². The standard InChI is InChI=1S/C7H13BrF3NO2S/c1-12(3-4-15(2,13)14)5-6(8)7(9,10)11/h6H,3-5H2,1-2H3. The average molecular weight is 312 g/mol. The zero-order valence-electron chi connectivity index (χ0n) is 8.38. The smallest absolute Gasteiger partial charge is 0.304 e. The SMILES string of the molecule is CN(CCS(C)(=O)=O)CC(Br)C(F)(F)F. The molecule has 0 saturated heterocycles. The highest BCUT2D eigenvalue weighted by atomic mass is 79.9. The molecule has 0 saturated carbocycles. The van der Waals surface area contributed by atoms with Gasteiger partial charge < -0.3 is 4.90 Å². The number of alkyl halides is 4. The van der Waals surface area contributed by atoms with Crippen LogP contribution in [0.1, 0.15) is 0 Å². The summed E-state index contributed by atoms with van der Waals surface area (Å²) in [5.74, 6) is -0.138. The van der Waals surface area contributed by atoms with Gasteiger partial charge in [0.1, 0.15) is 14.7 Å². The fraction of sp³-hybridized carbons (Fsp3) is 1.00. The van der Waals surface area contributed by atoms with Gasteiger partial charge in [-0.05, 0) is 7.05 Å². The molecule has 0 aromatic rings. The second-order valence-corrected chi connectivity index (χ2v) is 6.77. The van der Waals surface area contributed by atoms with Crippen LogP contribution in [0.4, 0.5) is 13.2 Å². The van der Waals surface area contributed by atoms with Gasteiger partial charge in [-0.2, -0.15) is 13.2 Å². The van der Waals surface area contributed by atoms with Crippen LogP contribution in [0.5, 0.6) is 0 Å². The second kappa shape index (κ2) is 5.49. The highest BCUT2D eigenvalue weighted by Crippen LogP contribution is 2.26. The first-order valence-electron chi connectivity index (χ1n) is 4.09.